The van der Waals surface area contributed by atoms with Crippen LogP contribution in [0.1, 0.15) is 36.9 Å². The van der Waals surface area contributed by atoms with Crippen molar-refractivity contribution in [3.05, 3.63) is 11.7 Å². The Morgan fingerprint density at radius 2 is 2.07 bits per heavy atom. The molecule has 7 heteroatoms. The van der Waals surface area contributed by atoms with Crippen LogP contribution in [0.2, 0.25) is 0 Å². The van der Waals surface area contributed by atoms with Gasteiger partial charge in [0.25, 0.3) is 5.82 Å². The highest BCUT2D eigenvalue weighted by molar-refractivity contribution is 5.00. The second-order valence-electron chi connectivity index (χ2n) is 3.72. The summed E-state index contributed by atoms with van der Waals surface area (Å²) in [6.45, 7) is 0. The van der Waals surface area contributed by atoms with Gasteiger partial charge in [-0.05, 0) is 19.3 Å². The zero-order valence-corrected chi connectivity index (χ0v) is 7.79. The lowest BCUT2D eigenvalue weighted by Crippen LogP contribution is -2.14. The van der Waals surface area contributed by atoms with Gasteiger partial charge >= 0.3 is 6.18 Å². The van der Waals surface area contributed by atoms with Crippen molar-refractivity contribution in [2.24, 2.45) is 5.73 Å². The van der Waals surface area contributed by atoms with Gasteiger partial charge in [0.2, 0.25) is 5.89 Å². The van der Waals surface area contributed by atoms with Crippen molar-refractivity contribution in [1.29, 1.82) is 0 Å². The lowest BCUT2D eigenvalue weighted by molar-refractivity contribution is -0.146. The molecule has 1 fully saturated rings. The summed E-state index contributed by atoms with van der Waals surface area (Å²) in [5.74, 6) is -1.28. The van der Waals surface area contributed by atoms with Gasteiger partial charge < -0.3 is 10.3 Å². The molecular weight excluding hydrogens is 211 g/mol. The predicted octanol–water partition coefficient (Wildman–Crippen LogP) is 1.68. The van der Waals surface area contributed by atoms with Crippen LogP contribution in [-0.4, -0.2) is 16.2 Å². The summed E-state index contributed by atoms with van der Waals surface area (Å²) in [7, 11) is 0. The average Bonchev–Trinajstić information content (AvgIpc) is 2.69. The maximum absolute atomic E-state index is 12.2. The number of halogens is 3. The Labute approximate surface area is 83.6 Å². The van der Waals surface area contributed by atoms with Crippen molar-refractivity contribution in [2.75, 3.05) is 0 Å². The summed E-state index contributed by atoms with van der Waals surface area (Å²) >= 11 is 0. The van der Waals surface area contributed by atoms with E-state index in [1.807, 2.05) is 0 Å². The Balaban J connectivity index is 2.14. The molecule has 1 aliphatic carbocycles. The highest BCUT2D eigenvalue weighted by Gasteiger charge is 2.38. The number of nitrogens with zero attached hydrogens (tertiary/aromatic N) is 2. The summed E-state index contributed by atoms with van der Waals surface area (Å²) in [6.07, 6.45) is -2.43. The summed E-state index contributed by atoms with van der Waals surface area (Å²) in [6, 6.07) is 0.0243. The Kier molecular flexibility index (Phi) is 2.41. The lowest BCUT2D eigenvalue weighted by atomic mass is 10.1. The van der Waals surface area contributed by atoms with Gasteiger partial charge in [0.15, 0.2) is 0 Å². The third kappa shape index (κ3) is 2.11. The van der Waals surface area contributed by atoms with Crippen molar-refractivity contribution in [3.8, 4) is 0 Å². The van der Waals surface area contributed by atoms with Crippen LogP contribution in [-0.2, 0) is 6.18 Å². The molecule has 0 aromatic carbocycles. The van der Waals surface area contributed by atoms with Gasteiger partial charge in [-0.2, -0.15) is 18.2 Å². The first-order chi connectivity index (χ1) is 6.97. The maximum atomic E-state index is 12.2. The van der Waals surface area contributed by atoms with Crippen LogP contribution in [0.4, 0.5) is 13.2 Å². The van der Waals surface area contributed by atoms with Crippen LogP contribution >= 0.6 is 0 Å². The Hall–Kier alpha value is -1.11. The number of hydrogen-bond acceptors (Lipinski definition) is 4. The van der Waals surface area contributed by atoms with Crippen molar-refractivity contribution >= 4 is 0 Å². The van der Waals surface area contributed by atoms with Gasteiger partial charge in [0.1, 0.15) is 0 Å². The van der Waals surface area contributed by atoms with E-state index in [2.05, 4.69) is 14.7 Å². The number of aromatic nitrogens is 2. The monoisotopic (exact) mass is 221 g/mol. The minimum absolute atomic E-state index is 0.0243. The molecule has 0 saturated heterocycles. The van der Waals surface area contributed by atoms with Crippen LogP contribution in [0.15, 0.2) is 4.52 Å². The third-order valence-electron chi connectivity index (χ3n) is 2.52. The van der Waals surface area contributed by atoms with E-state index in [0.717, 1.165) is 6.42 Å². The van der Waals surface area contributed by atoms with E-state index in [4.69, 9.17) is 5.73 Å². The van der Waals surface area contributed by atoms with Gasteiger partial charge in [0, 0.05) is 12.0 Å². The zero-order valence-electron chi connectivity index (χ0n) is 7.79. The van der Waals surface area contributed by atoms with Gasteiger partial charge in [-0.3, -0.25) is 0 Å². The van der Waals surface area contributed by atoms with E-state index >= 15 is 0 Å². The van der Waals surface area contributed by atoms with E-state index in [9.17, 15) is 13.2 Å². The molecule has 1 heterocycles. The minimum atomic E-state index is -4.54. The molecule has 1 aromatic heterocycles. The molecular formula is C8H10F3N3O. The van der Waals surface area contributed by atoms with Crippen LogP contribution in [0, 0.1) is 0 Å². The molecule has 0 spiro atoms. The molecule has 0 aliphatic heterocycles. The normalized spacial score (nSPS) is 27.2. The van der Waals surface area contributed by atoms with E-state index in [-0.39, 0.29) is 17.9 Å². The van der Waals surface area contributed by atoms with E-state index < -0.39 is 12.0 Å². The first kappa shape index (κ1) is 10.4. The third-order valence-corrected chi connectivity index (χ3v) is 2.52. The number of alkyl halides is 3. The van der Waals surface area contributed by atoms with Crippen molar-refractivity contribution < 1.29 is 17.7 Å². The van der Waals surface area contributed by atoms with Crippen molar-refractivity contribution in [2.45, 2.75) is 37.4 Å². The van der Waals surface area contributed by atoms with Crippen molar-refractivity contribution in [3.63, 3.8) is 0 Å². The highest BCUT2D eigenvalue weighted by Crippen LogP contribution is 2.34. The van der Waals surface area contributed by atoms with E-state index in [1.165, 1.54) is 0 Å². The van der Waals surface area contributed by atoms with Crippen LogP contribution in [0.25, 0.3) is 0 Å². The fraction of sp³-hybridized carbons (Fsp3) is 0.750. The number of nitrogens with two attached hydrogens (primary N) is 1. The minimum Gasteiger partial charge on any atom is -0.339 e. The molecule has 0 radical (unpaired) electrons. The molecule has 4 nitrogen and oxygen atoms in total. The van der Waals surface area contributed by atoms with Gasteiger partial charge in [-0.1, -0.05) is 5.16 Å². The molecule has 0 bridgehead atoms. The Morgan fingerprint density at radius 1 is 1.33 bits per heavy atom. The number of rotatable bonds is 1. The zero-order chi connectivity index (χ0) is 11.1. The smallest absolute Gasteiger partial charge is 0.339 e. The number of hydrogen-bond donors (Lipinski definition) is 1. The molecule has 2 N–H and O–H groups in total. The average molecular weight is 221 g/mol. The summed E-state index contributed by atoms with van der Waals surface area (Å²) in [5, 5.41) is 2.91. The molecule has 0 unspecified atom stereocenters. The summed E-state index contributed by atoms with van der Waals surface area (Å²) < 4.78 is 41.1. The largest absolute Gasteiger partial charge is 0.455 e. The standard InChI is InChI=1S/C8H10F3N3O/c9-8(10,11)7-13-6(15-14-7)4-1-2-5(12)3-4/h4-5H,1-3,12H2/t4-,5+/m0/s1. The molecule has 15 heavy (non-hydrogen) atoms. The fourth-order valence-corrected chi connectivity index (χ4v) is 1.76. The van der Waals surface area contributed by atoms with E-state index in [0.29, 0.717) is 12.8 Å². The second-order valence-corrected chi connectivity index (χ2v) is 3.72. The quantitative estimate of drug-likeness (QED) is 0.783. The lowest BCUT2D eigenvalue weighted by Gasteiger charge is -2.01. The van der Waals surface area contributed by atoms with E-state index in [1.54, 1.807) is 0 Å². The first-order valence-corrected chi connectivity index (χ1v) is 4.63. The SMILES string of the molecule is N[C@@H]1CC[C@H](c2nc(C(F)(F)F)no2)C1. The summed E-state index contributed by atoms with van der Waals surface area (Å²) in [5.41, 5.74) is 5.64. The predicted molar refractivity (Wildman–Crippen MR) is 43.9 cm³/mol. The fourth-order valence-electron chi connectivity index (χ4n) is 1.76. The molecule has 1 aromatic rings. The van der Waals surface area contributed by atoms with Crippen LogP contribution < -0.4 is 5.73 Å². The highest BCUT2D eigenvalue weighted by atomic mass is 19.4. The molecule has 0 amide bonds. The second kappa shape index (κ2) is 3.48. The molecule has 2 atom stereocenters. The van der Waals surface area contributed by atoms with Crippen LogP contribution in [0.3, 0.4) is 0 Å². The van der Waals surface area contributed by atoms with Crippen molar-refractivity contribution in [1.82, 2.24) is 10.1 Å². The maximum Gasteiger partial charge on any atom is 0.455 e. The Morgan fingerprint density at radius 3 is 2.53 bits per heavy atom. The molecule has 1 aliphatic rings. The van der Waals surface area contributed by atoms with Crippen LogP contribution in [0.5, 0.6) is 0 Å². The van der Waals surface area contributed by atoms with Gasteiger partial charge in [-0.15, -0.1) is 0 Å². The first-order valence-electron chi connectivity index (χ1n) is 4.63. The molecule has 1 saturated carbocycles. The Bertz CT molecular complexity index is 349. The summed E-state index contributed by atoms with van der Waals surface area (Å²) in [4.78, 5) is 3.34. The van der Waals surface area contributed by atoms with Gasteiger partial charge in [-0.25, -0.2) is 0 Å². The topological polar surface area (TPSA) is 64.9 Å². The molecule has 2 rings (SSSR count). The van der Waals surface area contributed by atoms with Gasteiger partial charge in [0.05, 0.1) is 0 Å². The molecule has 84 valence electrons.